The quantitative estimate of drug-likeness (QED) is 0.725. The molecule has 1 atom stereocenters. The smallest absolute Gasteiger partial charge is 0.262 e. The molecule has 1 aliphatic rings. The number of rotatable bonds is 3. The maximum absolute atomic E-state index is 12.9. The van der Waals surface area contributed by atoms with Crippen LogP contribution in [-0.4, -0.2) is 47.8 Å². The first-order valence-corrected chi connectivity index (χ1v) is 9.33. The van der Waals surface area contributed by atoms with E-state index in [1.807, 2.05) is 24.3 Å². The van der Waals surface area contributed by atoms with Gasteiger partial charge in [0, 0.05) is 30.4 Å². The molecule has 0 unspecified atom stereocenters. The van der Waals surface area contributed by atoms with E-state index in [1.54, 1.807) is 22.2 Å². The summed E-state index contributed by atoms with van der Waals surface area (Å²) in [5, 5.41) is 0.703. The van der Waals surface area contributed by atoms with Gasteiger partial charge < -0.3 is 9.64 Å². The number of benzene rings is 1. The molecule has 0 N–H and O–H groups in total. The minimum Gasteiger partial charge on any atom is -0.380 e. The number of likely N-dealkylation sites (N-methyl/N-ethyl adjacent to an activating group) is 1. The largest absolute Gasteiger partial charge is 0.380 e. The van der Waals surface area contributed by atoms with Gasteiger partial charge in [0.15, 0.2) is 0 Å². The molecule has 6 heteroatoms. The highest BCUT2D eigenvalue weighted by atomic mass is 32.1. The summed E-state index contributed by atoms with van der Waals surface area (Å²) in [4.78, 5) is 21.5. The molecular formula is C19H21N3O2S. The zero-order valence-electron chi connectivity index (χ0n) is 14.2. The zero-order chi connectivity index (χ0) is 17.2. The van der Waals surface area contributed by atoms with Crippen LogP contribution in [0.4, 0.5) is 0 Å². The predicted molar refractivity (Wildman–Crippen MR) is 101 cm³/mol. The summed E-state index contributed by atoms with van der Waals surface area (Å²) < 4.78 is 7.40. The van der Waals surface area contributed by atoms with E-state index in [0.29, 0.717) is 24.5 Å². The summed E-state index contributed by atoms with van der Waals surface area (Å²) in [6, 6.07) is 12.1. The number of aromatic nitrogens is 2. The minimum absolute atomic E-state index is 0.0373. The molecule has 1 fully saturated rings. The molecule has 0 saturated carbocycles. The molecule has 0 amide bonds. The highest BCUT2D eigenvalue weighted by Crippen LogP contribution is 2.30. The number of hydrogen-bond donors (Lipinski definition) is 0. The van der Waals surface area contributed by atoms with E-state index in [4.69, 9.17) is 4.74 Å². The molecule has 3 aromatic rings. The van der Waals surface area contributed by atoms with Gasteiger partial charge in [-0.25, -0.2) is 4.98 Å². The van der Waals surface area contributed by atoms with Crippen molar-refractivity contribution >= 4 is 21.6 Å². The van der Waals surface area contributed by atoms with Crippen molar-refractivity contribution in [2.45, 2.75) is 6.54 Å². The molecule has 4 rings (SSSR count). The highest BCUT2D eigenvalue weighted by Gasteiger charge is 2.18. The molecule has 0 spiro atoms. The van der Waals surface area contributed by atoms with Gasteiger partial charge in [-0.2, -0.15) is 0 Å². The third-order valence-corrected chi connectivity index (χ3v) is 5.66. The fraction of sp³-hybridized carbons (Fsp3) is 0.368. The number of fused-ring (bicyclic) bond motifs is 1. The van der Waals surface area contributed by atoms with Crippen LogP contribution in [0.1, 0.15) is 0 Å². The van der Waals surface area contributed by atoms with Gasteiger partial charge in [-0.3, -0.25) is 9.36 Å². The SMILES string of the molecule is CN1CCOC[C@@H](Cn2cnc3sc(-c4ccccc4)cc3c2=O)C1. The first-order chi connectivity index (χ1) is 12.2. The van der Waals surface area contributed by atoms with Crippen LogP contribution in [0.2, 0.25) is 0 Å². The topological polar surface area (TPSA) is 47.4 Å². The number of nitrogens with zero attached hydrogens (tertiary/aromatic N) is 3. The molecule has 1 aromatic carbocycles. The number of thiophene rings is 1. The summed E-state index contributed by atoms with van der Waals surface area (Å²) in [7, 11) is 2.09. The van der Waals surface area contributed by atoms with Crippen LogP contribution in [-0.2, 0) is 11.3 Å². The Bertz CT molecular complexity index is 919. The van der Waals surface area contributed by atoms with Gasteiger partial charge in [0.05, 0.1) is 24.9 Å². The van der Waals surface area contributed by atoms with Crippen LogP contribution in [0.3, 0.4) is 0 Å². The van der Waals surface area contributed by atoms with Gasteiger partial charge in [-0.1, -0.05) is 30.3 Å². The van der Waals surface area contributed by atoms with Gasteiger partial charge in [-0.15, -0.1) is 11.3 Å². The van der Waals surface area contributed by atoms with E-state index in [0.717, 1.165) is 35.0 Å². The Morgan fingerprint density at radius 3 is 3.00 bits per heavy atom. The first-order valence-electron chi connectivity index (χ1n) is 8.51. The van der Waals surface area contributed by atoms with Crippen LogP contribution in [0, 0.1) is 5.92 Å². The van der Waals surface area contributed by atoms with Gasteiger partial charge in [0.1, 0.15) is 4.83 Å². The van der Waals surface area contributed by atoms with Crippen molar-refractivity contribution in [1.82, 2.24) is 14.5 Å². The Hall–Kier alpha value is -2.02. The van der Waals surface area contributed by atoms with Gasteiger partial charge in [-0.05, 0) is 18.7 Å². The number of ether oxygens (including phenoxy) is 1. The molecule has 25 heavy (non-hydrogen) atoms. The van der Waals surface area contributed by atoms with Crippen LogP contribution in [0.15, 0.2) is 47.5 Å². The van der Waals surface area contributed by atoms with Crippen molar-refractivity contribution in [3.8, 4) is 10.4 Å². The van der Waals surface area contributed by atoms with Crippen molar-refractivity contribution < 1.29 is 4.74 Å². The van der Waals surface area contributed by atoms with Crippen LogP contribution in [0.5, 0.6) is 0 Å². The molecule has 3 heterocycles. The van der Waals surface area contributed by atoms with E-state index in [2.05, 4.69) is 29.1 Å². The molecule has 5 nitrogen and oxygen atoms in total. The minimum atomic E-state index is 0.0373. The van der Waals surface area contributed by atoms with Crippen LogP contribution >= 0.6 is 11.3 Å². The molecule has 0 aliphatic carbocycles. The molecule has 2 aromatic heterocycles. The molecule has 130 valence electrons. The third kappa shape index (κ3) is 3.51. The standard InChI is InChI=1S/C19H21N3O2S/c1-21-7-8-24-12-14(10-21)11-22-13-20-18-16(19(22)23)9-17(25-18)15-5-3-2-4-6-15/h2-6,9,13-14H,7-8,10-12H2,1H3/t14-/m1/s1. The number of hydrogen-bond acceptors (Lipinski definition) is 5. The van der Waals surface area contributed by atoms with Gasteiger partial charge in [0.25, 0.3) is 5.56 Å². The highest BCUT2D eigenvalue weighted by molar-refractivity contribution is 7.21. The van der Waals surface area contributed by atoms with E-state index < -0.39 is 0 Å². The van der Waals surface area contributed by atoms with Crippen molar-refractivity contribution in [3.05, 3.63) is 53.1 Å². The van der Waals surface area contributed by atoms with Gasteiger partial charge >= 0.3 is 0 Å². The second-order valence-corrected chi connectivity index (χ2v) is 7.63. The lowest BCUT2D eigenvalue weighted by molar-refractivity contribution is 0.117. The van der Waals surface area contributed by atoms with E-state index in [9.17, 15) is 4.79 Å². The fourth-order valence-corrected chi connectivity index (χ4v) is 4.27. The Labute approximate surface area is 150 Å². The summed E-state index contributed by atoms with van der Waals surface area (Å²) in [6.07, 6.45) is 1.68. The lowest BCUT2D eigenvalue weighted by atomic mass is 10.1. The summed E-state index contributed by atoms with van der Waals surface area (Å²) in [6.45, 7) is 3.96. The van der Waals surface area contributed by atoms with Gasteiger partial charge in [0.2, 0.25) is 0 Å². The lowest BCUT2D eigenvalue weighted by Gasteiger charge is -2.19. The van der Waals surface area contributed by atoms with E-state index in [-0.39, 0.29) is 5.56 Å². The van der Waals surface area contributed by atoms with Crippen molar-refractivity contribution in [3.63, 3.8) is 0 Å². The summed E-state index contributed by atoms with van der Waals surface area (Å²) in [5.41, 5.74) is 1.16. The van der Waals surface area contributed by atoms with E-state index in [1.165, 1.54) is 0 Å². The third-order valence-electron chi connectivity index (χ3n) is 4.57. The molecule has 0 radical (unpaired) electrons. The average Bonchev–Trinajstić information content (AvgIpc) is 2.96. The normalized spacial score (nSPS) is 19.2. The molecular weight excluding hydrogens is 334 g/mol. The second kappa shape index (κ2) is 7.07. The predicted octanol–water partition coefficient (Wildman–Crippen LogP) is 2.70. The van der Waals surface area contributed by atoms with Crippen LogP contribution < -0.4 is 5.56 Å². The molecule has 1 saturated heterocycles. The van der Waals surface area contributed by atoms with E-state index >= 15 is 0 Å². The fourth-order valence-electron chi connectivity index (χ4n) is 3.28. The Morgan fingerprint density at radius 1 is 1.32 bits per heavy atom. The average molecular weight is 355 g/mol. The first kappa shape index (κ1) is 16.4. The summed E-state index contributed by atoms with van der Waals surface area (Å²) >= 11 is 1.57. The lowest BCUT2D eigenvalue weighted by Crippen LogP contribution is -2.31. The Balaban J connectivity index is 1.65. The summed E-state index contributed by atoms with van der Waals surface area (Å²) in [5.74, 6) is 0.302. The Kier molecular flexibility index (Phi) is 4.65. The Morgan fingerprint density at radius 2 is 2.16 bits per heavy atom. The second-order valence-electron chi connectivity index (χ2n) is 6.60. The maximum atomic E-state index is 12.9. The van der Waals surface area contributed by atoms with Crippen molar-refractivity contribution in [2.24, 2.45) is 5.92 Å². The monoisotopic (exact) mass is 355 g/mol. The van der Waals surface area contributed by atoms with Crippen molar-refractivity contribution in [1.29, 1.82) is 0 Å². The molecule has 1 aliphatic heterocycles. The van der Waals surface area contributed by atoms with Crippen LogP contribution in [0.25, 0.3) is 20.7 Å². The molecule has 0 bridgehead atoms. The maximum Gasteiger partial charge on any atom is 0.262 e. The zero-order valence-corrected chi connectivity index (χ0v) is 15.0. The van der Waals surface area contributed by atoms with Crippen molar-refractivity contribution in [2.75, 3.05) is 33.4 Å².